The Morgan fingerprint density at radius 1 is 1.19 bits per heavy atom. The number of benzene rings is 2. The number of halogens is 1. The van der Waals surface area contributed by atoms with Crippen molar-refractivity contribution in [3.05, 3.63) is 47.0 Å². The van der Waals surface area contributed by atoms with Crippen molar-refractivity contribution in [2.45, 2.75) is 20.8 Å². The molecule has 0 heterocycles. The summed E-state index contributed by atoms with van der Waals surface area (Å²) in [5.74, 6) is -1.51. The fourth-order valence-electron chi connectivity index (χ4n) is 2.79. The number of ether oxygens (including phenoxy) is 2. The van der Waals surface area contributed by atoms with E-state index in [2.05, 4.69) is 15.8 Å². The van der Waals surface area contributed by atoms with Crippen LogP contribution in [0.15, 0.2) is 41.5 Å². The summed E-state index contributed by atoms with van der Waals surface area (Å²) < 4.78 is 10.4. The lowest BCUT2D eigenvalue weighted by atomic mass is 9.94. The average molecular weight is 448 g/mol. The Morgan fingerprint density at radius 2 is 1.87 bits per heavy atom. The summed E-state index contributed by atoms with van der Waals surface area (Å²) in [6.07, 6.45) is 1.35. The minimum atomic E-state index is -0.957. The van der Waals surface area contributed by atoms with Crippen molar-refractivity contribution >= 4 is 35.3 Å². The number of carbonyl (C=O) groups is 2. The van der Waals surface area contributed by atoms with Gasteiger partial charge in [-0.1, -0.05) is 25.4 Å². The van der Waals surface area contributed by atoms with Gasteiger partial charge in [-0.3, -0.25) is 9.59 Å². The number of rotatable bonds is 9. The second-order valence-corrected chi connectivity index (χ2v) is 7.36. The first-order valence-electron chi connectivity index (χ1n) is 9.70. The number of hydrogen-bond acceptors (Lipinski definition) is 6. The number of phenolic OH excluding ortho intramolecular Hbond substituents is 1. The topological polar surface area (TPSA) is 109 Å². The van der Waals surface area contributed by atoms with Crippen LogP contribution >= 0.6 is 11.6 Å². The highest BCUT2D eigenvalue weighted by atomic mass is 35.5. The van der Waals surface area contributed by atoms with Crippen LogP contribution in [0, 0.1) is 11.8 Å². The molecule has 3 N–H and O–H groups in total. The van der Waals surface area contributed by atoms with Crippen molar-refractivity contribution in [1.29, 1.82) is 0 Å². The molecule has 0 aliphatic rings. The second-order valence-electron chi connectivity index (χ2n) is 6.96. The maximum atomic E-state index is 12.7. The predicted octanol–water partition coefficient (Wildman–Crippen LogP) is 3.81. The molecule has 166 valence electrons. The molecule has 2 aromatic rings. The Bertz CT molecular complexity index is 945. The molecule has 1 unspecified atom stereocenters. The van der Waals surface area contributed by atoms with Gasteiger partial charge in [-0.15, -0.1) is 0 Å². The van der Waals surface area contributed by atoms with E-state index in [1.54, 1.807) is 52.1 Å². The van der Waals surface area contributed by atoms with Crippen LogP contribution in [0.4, 0.5) is 5.69 Å². The average Bonchev–Trinajstić information content (AvgIpc) is 2.72. The minimum Gasteiger partial charge on any atom is -0.503 e. The zero-order valence-corrected chi connectivity index (χ0v) is 18.6. The standard InChI is InChI=1S/C22H26ClN3O5/c1-5-31-18-11-14(10-17(23)20(18)27)12-24-26-22(29)19(13(2)3)21(28)25-15-6-8-16(30-4)9-7-15/h6-13,19,27H,5H2,1-4H3,(H,25,28)(H,26,29). The molecule has 0 spiro atoms. The molecular formula is C22H26ClN3O5. The Morgan fingerprint density at radius 3 is 2.45 bits per heavy atom. The monoisotopic (exact) mass is 447 g/mol. The van der Waals surface area contributed by atoms with Crippen LogP contribution in [0.5, 0.6) is 17.2 Å². The molecule has 0 aliphatic heterocycles. The Hall–Kier alpha value is -3.26. The lowest BCUT2D eigenvalue weighted by Crippen LogP contribution is -2.39. The van der Waals surface area contributed by atoms with E-state index in [-0.39, 0.29) is 22.4 Å². The van der Waals surface area contributed by atoms with Gasteiger partial charge in [-0.2, -0.15) is 5.10 Å². The molecule has 0 aliphatic carbocycles. The number of aromatic hydroxyl groups is 1. The first-order valence-corrected chi connectivity index (χ1v) is 10.1. The maximum Gasteiger partial charge on any atom is 0.252 e. The zero-order chi connectivity index (χ0) is 23.0. The summed E-state index contributed by atoms with van der Waals surface area (Å²) in [5, 5.41) is 16.6. The molecule has 0 fully saturated rings. The lowest BCUT2D eigenvalue weighted by molar-refractivity contribution is -0.134. The highest BCUT2D eigenvalue weighted by Gasteiger charge is 2.30. The van der Waals surface area contributed by atoms with E-state index in [0.717, 1.165) is 0 Å². The van der Waals surface area contributed by atoms with E-state index < -0.39 is 17.7 Å². The van der Waals surface area contributed by atoms with Crippen molar-refractivity contribution < 1.29 is 24.2 Å². The second kappa shape index (κ2) is 11.2. The van der Waals surface area contributed by atoms with Crippen LogP contribution < -0.4 is 20.2 Å². The molecule has 9 heteroatoms. The summed E-state index contributed by atoms with van der Waals surface area (Å²) in [4.78, 5) is 25.3. The summed E-state index contributed by atoms with van der Waals surface area (Å²) in [6.45, 7) is 5.67. The number of anilines is 1. The van der Waals surface area contributed by atoms with E-state index >= 15 is 0 Å². The van der Waals surface area contributed by atoms with Crippen LogP contribution in [-0.2, 0) is 9.59 Å². The van der Waals surface area contributed by atoms with E-state index in [1.165, 1.54) is 18.3 Å². The van der Waals surface area contributed by atoms with E-state index in [9.17, 15) is 14.7 Å². The number of methoxy groups -OCH3 is 1. The van der Waals surface area contributed by atoms with E-state index in [1.807, 2.05) is 0 Å². The summed E-state index contributed by atoms with van der Waals surface area (Å²) in [7, 11) is 1.55. The van der Waals surface area contributed by atoms with Crippen LogP contribution in [0.1, 0.15) is 26.3 Å². The molecule has 0 saturated heterocycles. The molecule has 0 saturated carbocycles. The molecule has 2 aromatic carbocycles. The third-order valence-corrected chi connectivity index (χ3v) is 4.62. The zero-order valence-electron chi connectivity index (χ0n) is 17.8. The minimum absolute atomic E-state index is 0.0950. The van der Waals surface area contributed by atoms with Gasteiger partial charge in [0.2, 0.25) is 5.91 Å². The van der Waals surface area contributed by atoms with Crippen molar-refractivity contribution in [2.75, 3.05) is 19.0 Å². The maximum absolute atomic E-state index is 12.7. The Labute approximate surface area is 186 Å². The number of hydrogen-bond donors (Lipinski definition) is 3. The van der Waals surface area contributed by atoms with Gasteiger partial charge in [-0.05, 0) is 54.8 Å². The molecule has 0 aromatic heterocycles. The number of nitrogens with zero attached hydrogens (tertiary/aromatic N) is 1. The normalized spacial score (nSPS) is 11.9. The SMILES string of the molecule is CCOc1cc(C=NNC(=O)C(C(=O)Nc2ccc(OC)cc2)C(C)C)cc(Cl)c1O. The van der Waals surface area contributed by atoms with Gasteiger partial charge in [0.05, 0.1) is 25.0 Å². The molecule has 1 atom stereocenters. The molecular weight excluding hydrogens is 422 g/mol. The summed E-state index contributed by atoms with van der Waals surface area (Å²) in [6, 6.07) is 9.82. The number of hydrazone groups is 1. The molecule has 31 heavy (non-hydrogen) atoms. The van der Waals surface area contributed by atoms with Crippen molar-refractivity contribution in [3.8, 4) is 17.2 Å². The van der Waals surface area contributed by atoms with Crippen LogP contribution in [0.25, 0.3) is 0 Å². The highest BCUT2D eigenvalue weighted by molar-refractivity contribution is 6.32. The predicted molar refractivity (Wildman–Crippen MR) is 120 cm³/mol. The van der Waals surface area contributed by atoms with Gasteiger partial charge < -0.3 is 19.9 Å². The van der Waals surface area contributed by atoms with Gasteiger partial charge in [0, 0.05) is 5.69 Å². The molecule has 2 amide bonds. The molecule has 0 bridgehead atoms. The quantitative estimate of drug-likeness (QED) is 0.307. The van der Waals surface area contributed by atoms with E-state index in [4.69, 9.17) is 21.1 Å². The molecule has 0 radical (unpaired) electrons. The molecule has 2 rings (SSSR count). The largest absolute Gasteiger partial charge is 0.503 e. The third kappa shape index (κ3) is 6.62. The van der Waals surface area contributed by atoms with Gasteiger partial charge in [0.1, 0.15) is 11.7 Å². The van der Waals surface area contributed by atoms with Crippen molar-refractivity contribution in [3.63, 3.8) is 0 Å². The first kappa shape index (κ1) is 24.0. The number of phenols is 1. The first-order chi connectivity index (χ1) is 14.8. The number of carbonyl (C=O) groups excluding carboxylic acids is 2. The molecule has 8 nitrogen and oxygen atoms in total. The summed E-state index contributed by atoms with van der Waals surface area (Å²) in [5.41, 5.74) is 3.45. The van der Waals surface area contributed by atoms with Gasteiger partial charge in [0.15, 0.2) is 11.5 Å². The highest BCUT2D eigenvalue weighted by Crippen LogP contribution is 2.34. The number of amides is 2. The van der Waals surface area contributed by atoms with Crippen LogP contribution in [0.2, 0.25) is 5.02 Å². The number of nitrogens with one attached hydrogen (secondary N) is 2. The smallest absolute Gasteiger partial charge is 0.252 e. The van der Waals surface area contributed by atoms with Gasteiger partial charge >= 0.3 is 0 Å². The van der Waals surface area contributed by atoms with E-state index in [0.29, 0.717) is 23.6 Å². The Balaban J connectivity index is 2.07. The van der Waals surface area contributed by atoms with Crippen LogP contribution in [0.3, 0.4) is 0 Å². The van der Waals surface area contributed by atoms with Crippen LogP contribution in [-0.4, -0.2) is 36.9 Å². The van der Waals surface area contributed by atoms with Gasteiger partial charge in [0.25, 0.3) is 5.91 Å². The fourth-order valence-corrected chi connectivity index (χ4v) is 3.01. The van der Waals surface area contributed by atoms with Crippen molar-refractivity contribution in [1.82, 2.24) is 5.43 Å². The lowest BCUT2D eigenvalue weighted by Gasteiger charge is -2.18. The van der Waals surface area contributed by atoms with Gasteiger partial charge in [-0.25, -0.2) is 5.43 Å². The Kier molecular flexibility index (Phi) is 8.69. The fraction of sp³-hybridized carbons (Fsp3) is 0.318. The third-order valence-electron chi connectivity index (χ3n) is 4.33. The van der Waals surface area contributed by atoms with Crippen molar-refractivity contribution in [2.24, 2.45) is 16.9 Å². The summed E-state index contributed by atoms with van der Waals surface area (Å²) >= 11 is 5.99.